The topological polar surface area (TPSA) is 55.2 Å². The van der Waals surface area contributed by atoms with E-state index < -0.39 is 10.0 Å². The number of hydrogen-bond acceptors (Lipinski definition) is 4. The summed E-state index contributed by atoms with van der Waals surface area (Å²) >= 11 is 1.28. The zero-order chi connectivity index (χ0) is 15.4. The van der Waals surface area contributed by atoms with Crippen LogP contribution in [0.3, 0.4) is 0 Å². The first-order valence-corrected chi connectivity index (χ1v) is 9.10. The predicted octanol–water partition coefficient (Wildman–Crippen LogP) is 2.56. The minimum atomic E-state index is -3.45. The van der Waals surface area contributed by atoms with E-state index in [1.807, 2.05) is 36.2 Å². The Balaban J connectivity index is 2.04. The molecule has 0 bridgehead atoms. The van der Waals surface area contributed by atoms with Crippen molar-refractivity contribution in [2.45, 2.75) is 31.0 Å². The molecule has 1 aliphatic heterocycles. The zero-order valence-electron chi connectivity index (χ0n) is 12.6. The number of aromatic nitrogens is 2. The Morgan fingerprint density at radius 2 is 2.14 bits per heavy atom. The standard InChI is InChI=1S/C14H19N3O2S2/c1-10-5-8-20-13(10)21(18,19)17-9-14(2,3)11(17)12-15-6-7-16(12)4/h5-8,11H,9H2,1-4H3. The Bertz CT molecular complexity index is 774. The molecule has 0 saturated carbocycles. The van der Waals surface area contributed by atoms with Crippen molar-refractivity contribution in [3.05, 3.63) is 35.2 Å². The van der Waals surface area contributed by atoms with E-state index >= 15 is 0 Å². The van der Waals surface area contributed by atoms with Crippen molar-refractivity contribution in [3.8, 4) is 0 Å². The summed E-state index contributed by atoms with van der Waals surface area (Å²) in [7, 11) is -1.55. The first-order valence-electron chi connectivity index (χ1n) is 6.78. The molecule has 0 aromatic carbocycles. The molecule has 3 rings (SSSR count). The van der Waals surface area contributed by atoms with Gasteiger partial charge in [-0.25, -0.2) is 13.4 Å². The summed E-state index contributed by atoms with van der Waals surface area (Å²) in [6.07, 6.45) is 3.57. The fourth-order valence-corrected chi connectivity index (χ4v) is 6.37. The Hall–Kier alpha value is -1.18. The quantitative estimate of drug-likeness (QED) is 0.871. The summed E-state index contributed by atoms with van der Waals surface area (Å²) in [6, 6.07) is 1.63. The van der Waals surface area contributed by atoms with Gasteiger partial charge in [-0.05, 0) is 23.9 Å². The molecule has 5 nitrogen and oxygen atoms in total. The lowest BCUT2D eigenvalue weighted by Crippen LogP contribution is -2.58. The molecule has 0 amide bonds. The van der Waals surface area contributed by atoms with Crippen molar-refractivity contribution in [2.75, 3.05) is 6.54 Å². The highest BCUT2D eigenvalue weighted by Crippen LogP contribution is 2.50. The highest BCUT2D eigenvalue weighted by Gasteiger charge is 2.54. The molecular weight excluding hydrogens is 306 g/mol. The van der Waals surface area contributed by atoms with Gasteiger partial charge in [0.1, 0.15) is 10.0 Å². The van der Waals surface area contributed by atoms with Gasteiger partial charge in [0.15, 0.2) is 0 Å². The minimum Gasteiger partial charge on any atom is -0.337 e. The lowest BCUT2D eigenvalue weighted by molar-refractivity contribution is 0.0122. The summed E-state index contributed by atoms with van der Waals surface area (Å²) in [5.74, 6) is 0.795. The molecule has 0 N–H and O–H groups in total. The highest BCUT2D eigenvalue weighted by molar-refractivity contribution is 7.91. The van der Waals surface area contributed by atoms with E-state index in [-0.39, 0.29) is 11.5 Å². The van der Waals surface area contributed by atoms with Gasteiger partial charge in [0.25, 0.3) is 10.0 Å². The van der Waals surface area contributed by atoms with Gasteiger partial charge < -0.3 is 4.57 Å². The third kappa shape index (κ3) is 2.15. The second-order valence-electron chi connectivity index (χ2n) is 6.23. The molecule has 0 radical (unpaired) electrons. The number of imidazole rings is 1. The van der Waals surface area contributed by atoms with Crippen molar-refractivity contribution < 1.29 is 8.42 Å². The van der Waals surface area contributed by atoms with Crippen LogP contribution in [0.5, 0.6) is 0 Å². The van der Waals surface area contributed by atoms with Gasteiger partial charge in [0, 0.05) is 31.4 Å². The summed E-state index contributed by atoms with van der Waals surface area (Å²) in [4.78, 5) is 4.36. The van der Waals surface area contributed by atoms with E-state index in [4.69, 9.17) is 0 Å². The summed E-state index contributed by atoms with van der Waals surface area (Å²) < 4.78 is 29.7. The summed E-state index contributed by atoms with van der Waals surface area (Å²) in [5.41, 5.74) is 0.695. The fourth-order valence-electron chi connectivity index (χ4n) is 2.93. The normalized spacial score (nSPS) is 22.2. The van der Waals surface area contributed by atoms with Crippen LogP contribution >= 0.6 is 11.3 Å². The Kier molecular flexibility index (Phi) is 3.27. The largest absolute Gasteiger partial charge is 0.337 e. The van der Waals surface area contributed by atoms with Gasteiger partial charge >= 0.3 is 0 Å². The monoisotopic (exact) mass is 325 g/mol. The van der Waals surface area contributed by atoms with Crippen LogP contribution in [0, 0.1) is 12.3 Å². The van der Waals surface area contributed by atoms with Crippen LogP contribution in [0.4, 0.5) is 0 Å². The van der Waals surface area contributed by atoms with Gasteiger partial charge in [0.2, 0.25) is 0 Å². The first-order chi connectivity index (χ1) is 9.75. The highest BCUT2D eigenvalue weighted by atomic mass is 32.2. The van der Waals surface area contributed by atoms with Crippen molar-refractivity contribution in [3.63, 3.8) is 0 Å². The maximum atomic E-state index is 12.9. The van der Waals surface area contributed by atoms with Crippen LogP contribution in [0.2, 0.25) is 0 Å². The molecular formula is C14H19N3O2S2. The van der Waals surface area contributed by atoms with E-state index in [9.17, 15) is 8.42 Å². The van der Waals surface area contributed by atoms with Crippen molar-refractivity contribution in [2.24, 2.45) is 12.5 Å². The lowest BCUT2D eigenvalue weighted by Gasteiger charge is -2.52. The molecule has 7 heteroatoms. The average molecular weight is 325 g/mol. The van der Waals surface area contributed by atoms with E-state index in [1.54, 1.807) is 10.5 Å². The molecule has 2 aromatic rings. The number of sulfonamides is 1. The average Bonchev–Trinajstić information content (AvgIpc) is 2.97. The third-order valence-corrected chi connectivity index (χ3v) is 7.53. The third-order valence-electron chi connectivity index (χ3n) is 4.05. The zero-order valence-corrected chi connectivity index (χ0v) is 14.2. The van der Waals surface area contributed by atoms with Gasteiger partial charge in [-0.3, -0.25) is 0 Å². The molecule has 21 heavy (non-hydrogen) atoms. The molecule has 0 spiro atoms. The van der Waals surface area contributed by atoms with Gasteiger partial charge in [0.05, 0.1) is 6.04 Å². The lowest BCUT2D eigenvalue weighted by atomic mass is 9.76. The summed E-state index contributed by atoms with van der Waals surface area (Å²) in [6.45, 7) is 6.52. The smallest absolute Gasteiger partial charge is 0.253 e. The van der Waals surface area contributed by atoms with E-state index in [1.165, 1.54) is 11.3 Å². The van der Waals surface area contributed by atoms with Gasteiger partial charge in [-0.2, -0.15) is 4.31 Å². The molecule has 0 aliphatic carbocycles. The number of aryl methyl sites for hydroxylation is 2. The molecule has 1 unspecified atom stereocenters. The second kappa shape index (κ2) is 4.66. The molecule has 114 valence electrons. The molecule has 1 saturated heterocycles. The predicted molar refractivity (Wildman–Crippen MR) is 82.7 cm³/mol. The van der Waals surface area contributed by atoms with E-state index in [0.717, 1.165) is 11.4 Å². The van der Waals surface area contributed by atoms with Crippen LogP contribution in [0.15, 0.2) is 28.0 Å². The van der Waals surface area contributed by atoms with Crippen LogP contribution in [0.25, 0.3) is 0 Å². The van der Waals surface area contributed by atoms with Crippen LogP contribution in [-0.4, -0.2) is 28.8 Å². The second-order valence-corrected chi connectivity index (χ2v) is 9.23. The maximum absolute atomic E-state index is 12.9. The Morgan fingerprint density at radius 3 is 2.62 bits per heavy atom. The number of rotatable bonds is 3. The molecule has 3 heterocycles. The van der Waals surface area contributed by atoms with Gasteiger partial charge in [-0.15, -0.1) is 11.3 Å². The SMILES string of the molecule is Cc1ccsc1S(=O)(=O)N1CC(C)(C)C1c1nccn1C. The minimum absolute atomic E-state index is 0.114. The maximum Gasteiger partial charge on any atom is 0.253 e. The van der Waals surface area contributed by atoms with Crippen LogP contribution in [-0.2, 0) is 17.1 Å². The molecule has 2 aromatic heterocycles. The van der Waals surface area contributed by atoms with Crippen LogP contribution in [0.1, 0.15) is 31.3 Å². The summed E-state index contributed by atoms with van der Waals surface area (Å²) in [5, 5.41) is 1.82. The Labute approximate surface area is 129 Å². The number of hydrogen-bond donors (Lipinski definition) is 0. The molecule has 1 atom stereocenters. The van der Waals surface area contributed by atoms with Crippen molar-refractivity contribution in [1.82, 2.24) is 13.9 Å². The van der Waals surface area contributed by atoms with E-state index in [2.05, 4.69) is 18.8 Å². The molecule has 1 aliphatic rings. The van der Waals surface area contributed by atoms with E-state index in [0.29, 0.717) is 10.8 Å². The Morgan fingerprint density at radius 1 is 1.43 bits per heavy atom. The molecule has 1 fully saturated rings. The van der Waals surface area contributed by atoms with Gasteiger partial charge in [-0.1, -0.05) is 13.8 Å². The number of thiophene rings is 1. The first kappa shape index (κ1) is 14.7. The number of nitrogens with zero attached hydrogens (tertiary/aromatic N) is 3. The fraction of sp³-hybridized carbons (Fsp3) is 0.500. The van der Waals surface area contributed by atoms with Crippen molar-refractivity contribution in [1.29, 1.82) is 0 Å². The van der Waals surface area contributed by atoms with Crippen molar-refractivity contribution >= 4 is 21.4 Å². The van der Waals surface area contributed by atoms with Crippen LogP contribution < -0.4 is 0 Å².